The molecule has 4 heteroatoms. The first-order valence-corrected chi connectivity index (χ1v) is 5.61. The molecule has 1 aromatic rings. The minimum atomic E-state index is -0.411. The van der Waals surface area contributed by atoms with E-state index in [4.69, 9.17) is 4.74 Å². The van der Waals surface area contributed by atoms with Gasteiger partial charge in [-0.25, -0.2) is 0 Å². The van der Waals surface area contributed by atoms with Crippen molar-refractivity contribution in [1.82, 2.24) is 0 Å². The van der Waals surface area contributed by atoms with Crippen LogP contribution in [0.4, 0.5) is 5.69 Å². The summed E-state index contributed by atoms with van der Waals surface area (Å²) in [7, 11) is 0. The van der Waals surface area contributed by atoms with Gasteiger partial charge in [0.15, 0.2) is 0 Å². The fraction of sp³-hybridized carbons (Fsp3) is 0.385. The van der Waals surface area contributed by atoms with Gasteiger partial charge in [0.25, 0.3) is 0 Å². The maximum absolute atomic E-state index is 11.8. The maximum atomic E-state index is 11.8. The van der Waals surface area contributed by atoms with E-state index < -0.39 is 5.97 Å². The molecular formula is C13H16NO3. The number of anilines is 1. The average molecular weight is 234 g/mol. The number of nitrogens with zero attached hydrogens (tertiary/aromatic N) is 1. The highest BCUT2D eigenvalue weighted by atomic mass is 16.5. The van der Waals surface area contributed by atoms with Gasteiger partial charge in [-0.3, -0.25) is 9.59 Å². The summed E-state index contributed by atoms with van der Waals surface area (Å²) >= 11 is 0. The molecule has 0 aliphatic rings. The van der Waals surface area contributed by atoms with Crippen LogP contribution in [0.25, 0.3) is 0 Å². The van der Waals surface area contributed by atoms with E-state index in [2.05, 4.69) is 6.07 Å². The SMILES string of the molecule is CCOC(=O)CN(C(=O)CC)c1[c]cccc1. The van der Waals surface area contributed by atoms with Crippen LogP contribution >= 0.6 is 0 Å². The van der Waals surface area contributed by atoms with Gasteiger partial charge in [-0.2, -0.15) is 0 Å². The zero-order chi connectivity index (χ0) is 12.7. The monoisotopic (exact) mass is 234 g/mol. The van der Waals surface area contributed by atoms with Crippen molar-refractivity contribution >= 4 is 17.6 Å². The molecule has 0 saturated carbocycles. The second-order valence-electron chi connectivity index (χ2n) is 3.39. The molecule has 0 aliphatic heterocycles. The van der Waals surface area contributed by atoms with Crippen LogP contribution in [-0.4, -0.2) is 25.0 Å². The molecule has 0 fully saturated rings. The number of rotatable bonds is 5. The number of hydrogen-bond acceptors (Lipinski definition) is 3. The molecular weight excluding hydrogens is 218 g/mol. The van der Waals surface area contributed by atoms with Gasteiger partial charge in [0.1, 0.15) is 6.54 Å². The van der Waals surface area contributed by atoms with Crippen LogP contribution in [0.5, 0.6) is 0 Å². The topological polar surface area (TPSA) is 46.6 Å². The van der Waals surface area contributed by atoms with Crippen LogP contribution in [0.3, 0.4) is 0 Å². The second-order valence-corrected chi connectivity index (χ2v) is 3.39. The molecule has 0 spiro atoms. The summed E-state index contributed by atoms with van der Waals surface area (Å²) in [4.78, 5) is 24.6. The van der Waals surface area contributed by atoms with E-state index in [9.17, 15) is 9.59 Å². The number of amides is 1. The van der Waals surface area contributed by atoms with Gasteiger partial charge in [-0.05, 0) is 13.0 Å². The van der Waals surface area contributed by atoms with Crippen molar-refractivity contribution in [2.75, 3.05) is 18.1 Å². The second kappa shape index (κ2) is 6.68. The Labute approximate surface area is 101 Å². The minimum Gasteiger partial charge on any atom is -0.465 e. The number of hydrogen-bond donors (Lipinski definition) is 0. The predicted octanol–water partition coefficient (Wildman–Crippen LogP) is 1.79. The number of carbonyl (C=O) groups excluding carboxylic acids is 2. The molecule has 1 amide bonds. The number of carbonyl (C=O) groups is 2. The predicted molar refractivity (Wildman–Crippen MR) is 64.6 cm³/mol. The normalized spacial score (nSPS) is 9.76. The van der Waals surface area contributed by atoms with Gasteiger partial charge in [0.05, 0.1) is 12.3 Å². The first-order valence-electron chi connectivity index (χ1n) is 5.61. The molecule has 0 unspecified atom stereocenters. The van der Waals surface area contributed by atoms with Gasteiger partial charge >= 0.3 is 5.97 Å². The lowest BCUT2D eigenvalue weighted by Gasteiger charge is -2.20. The molecule has 17 heavy (non-hydrogen) atoms. The Morgan fingerprint density at radius 3 is 2.65 bits per heavy atom. The Bertz CT molecular complexity index is 376. The van der Waals surface area contributed by atoms with Crippen LogP contribution in [-0.2, 0) is 14.3 Å². The van der Waals surface area contributed by atoms with E-state index in [1.807, 2.05) is 6.07 Å². The van der Waals surface area contributed by atoms with E-state index in [0.717, 1.165) is 0 Å². The first kappa shape index (κ1) is 13.2. The van der Waals surface area contributed by atoms with Crippen LogP contribution in [0.15, 0.2) is 24.3 Å². The lowest BCUT2D eigenvalue weighted by Crippen LogP contribution is -2.36. The highest BCUT2D eigenvalue weighted by molar-refractivity contribution is 5.97. The molecule has 0 N–H and O–H groups in total. The molecule has 0 aliphatic carbocycles. The molecule has 0 aromatic heterocycles. The highest BCUT2D eigenvalue weighted by Crippen LogP contribution is 2.13. The fourth-order valence-corrected chi connectivity index (χ4v) is 1.39. The third-order valence-electron chi connectivity index (χ3n) is 2.18. The Morgan fingerprint density at radius 1 is 1.35 bits per heavy atom. The summed E-state index contributed by atoms with van der Waals surface area (Å²) in [5, 5.41) is 0. The van der Waals surface area contributed by atoms with Crippen molar-refractivity contribution in [1.29, 1.82) is 0 Å². The molecule has 0 saturated heterocycles. The maximum Gasteiger partial charge on any atom is 0.326 e. The van der Waals surface area contributed by atoms with Crippen LogP contribution in [0.2, 0.25) is 0 Å². The Morgan fingerprint density at radius 2 is 2.12 bits per heavy atom. The first-order chi connectivity index (χ1) is 8.19. The lowest BCUT2D eigenvalue weighted by molar-refractivity contribution is -0.142. The van der Waals surface area contributed by atoms with Crippen LogP contribution in [0, 0.1) is 6.07 Å². The molecule has 0 bridgehead atoms. The van der Waals surface area contributed by atoms with Crippen LogP contribution in [0.1, 0.15) is 20.3 Å². The summed E-state index contributed by atoms with van der Waals surface area (Å²) in [6.07, 6.45) is 0.335. The standard InChI is InChI=1S/C13H16NO3/c1-3-12(15)14(10-13(16)17-4-2)11-8-6-5-7-9-11/h5-8H,3-4,10H2,1-2H3. The van der Waals surface area contributed by atoms with Gasteiger partial charge < -0.3 is 9.64 Å². The van der Waals surface area contributed by atoms with E-state index in [0.29, 0.717) is 18.7 Å². The Kier molecular flexibility index (Phi) is 5.20. The summed E-state index contributed by atoms with van der Waals surface area (Å²) < 4.78 is 4.84. The number of para-hydroxylation sites is 1. The number of benzene rings is 1. The Balaban J connectivity index is 2.82. The van der Waals surface area contributed by atoms with E-state index in [1.54, 1.807) is 32.0 Å². The molecule has 91 valence electrons. The molecule has 1 radical (unpaired) electrons. The third-order valence-corrected chi connectivity index (χ3v) is 2.18. The smallest absolute Gasteiger partial charge is 0.326 e. The molecule has 1 aromatic carbocycles. The zero-order valence-corrected chi connectivity index (χ0v) is 10.1. The zero-order valence-electron chi connectivity index (χ0n) is 10.1. The van der Waals surface area contributed by atoms with Crippen LogP contribution < -0.4 is 4.90 Å². The van der Waals surface area contributed by atoms with Gasteiger partial charge in [0, 0.05) is 12.5 Å². The Hall–Kier alpha value is -1.84. The van der Waals surface area contributed by atoms with Gasteiger partial charge in [0.2, 0.25) is 5.91 Å². The van der Waals surface area contributed by atoms with Crippen molar-refractivity contribution in [2.24, 2.45) is 0 Å². The largest absolute Gasteiger partial charge is 0.465 e. The molecule has 1 rings (SSSR count). The van der Waals surface area contributed by atoms with Gasteiger partial charge in [-0.1, -0.05) is 25.1 Å². The van der Waals surface area contributed by atoms with E-state index in [1.165, 1.54) is 4.90 Å². The fourth-order valence-electron chi connectivity index (χ4n) is 1.39. The quantitative estimate of drug-likeness (QED) is 0.730. The van der Waals surface area contributed by atoms with Crippen molar-refractivity contribution < 1.29 is 14.3 Å². The van der Waals surface area contributed by atoms with E-state index in [-0.39, 0.29) is 12.5 Å². The highest BCUT2D eigenvalue weighted by Gasteiger charge is 2.18. The summed E-state index contributed by atoms with van der Waals surface area (Å²) in [6, 6.07) is 9.98. The van der Waals surface area contributed by atoms with Crippen molar-refractivity contribution in [3.63, 3.8) is 0 Å². The summed E-state index contributed by atoms with van der Waals surface area (Å²) in [6.45, 7) is 3.73. The molecule has 4 nitrogen and oxygen atoms in total. The lowest BCUT2D eigenvalue weighted by atomic mass is 10.2. The molecule has 0 atom stereocenters. The molecule has 0 heterocycles. The number of esters is 1. The van der Waals surface area contributed by atoms with Crippen molar-refractivity contribution in [3.05, 3.63) is 30.3 Å². The minimum absolute atomic E-state index is 0.0684. The van der Waals surface area contributed by atoms with Gasteiger partial charge in [-0.15, -0.1) is 0 Å². The third kappa shape index (κ3) is 3.90. The van der Waals surface area contributed by atoms with Crippen molar-refractivity contribution in [3.8, 4) is 0 Å². The summed E-state index contributed by atoms with van der Waals surface area (Å²) in [5.41, 5.74) is 0.590. The van der Waals surface area contributed by atoms with E-state index >= 15 is 0 Å². The van der Waals surface area contributed by atoms with Crippen molar-refractivity contribution in [2.45, 2.75) is 20.3 Å². The number of ether oxygens (including phenoxy) is 1. The average Bonchev–Trinajstić information content (AvgIpc) is 2.36. The summed E-state index contributed by atoms with van der Waals surface area (Å²) in [5.74, 6) is -0.535.